The van der Waals surface area contributed by atoms with Gasteiger partial charge in [0.25, 0.3) is 0 Å². The molecule has 0 spiro atoms. The zero-order chi connectivity index (χ0) is 39.6. The molecule has 6 heteroatoms. The van der Waals surface area contributed by atoms with Gasteiger partial charge < -0.3 is 20.3 Å². The van der Waals surface area contributed by atoms with Crippen LogP contribution in [0.15, 0.2) is 48.6 Å². The first kappa shape index (κ1) is 51.8. The van der Waals surface area contributed by atoms with Crippen molar-refractivity contribution in [2.24, 2.45) is 0 Å². The topological polar surface area (TPSA) is 95.9 Å². The standard InChI is InChI=1S/C48H87NO5/c1-4-7-10-13-16-19-21-22-23-24-25-26-28-30-33-36-39-44(54-48(53)41-38-35-32-29-20-17-14-11-8-5-2)42-47(52)49-45(43-50)46(51)40-37-34-31-27-18-15-12-9-6-3/h16,19,21-26,44-46,50-51H,4-15,17-18,20,27-43H2,1-3H3,(H,49,52)/b19-16+,22-21+,24-23+,26-25+. The van der Waals surface area contributed by atoms with Crippen LogP contribution in [0.1, 0.15) is 220 Å². The molecule has 0 aromatic rings. The van der Waals surface area contributed by atoms with Crippen molar-refractivity contribution in [3.63, 3.8) is 0 Å². The number of aliphatic hydroxyl groups excluding tert-OH is 2. The molecule has 3 unspecified atom stereocenters. The van der Waals surface area contributed by atoms with Gasteiger partial charge in [-0.05, 0) is 51.4 Å². The molecule has 0 saturated carbocycles. The van der Waals surface area contributed by atoms with Gasteiger partial charge in [-0.25, -0.2) is 0 Å². The third-order valence-corrected chi connectivity index (χ3v) is 10.3. The van der Waals surface area contributed by atoms with Gasteiger partial charge in [0.1, 0.15) is 6.10 Å². The number of esters is 1. The SMILES string of the molecule is CCCCC/C=C/C=C/C=C/C=C/CCCCCC(CC(=O)NC(CO)C(O)CCCCCCCCCCC)OC(=O)CCCCCCCCCCCC. The molecular weight excluding hydrogens is 671 g/mol. The molecule has 3 atom stereocenters. The van der Waals surface area contributed by atoms with Gasteiger partial charge in [-0.15, -0.1) is 0 Å². The molecule has 0 bridgehead atoms. The predicted molar refractivity (Wildman–Crippen MR) is 232 cm³/mol. The van der Waals surface area contributed by atoms with E-state index in [4.69, 9.17) is 4.74 Å². The molecule has 0 rings (SSSR count). The zero-order valence-corrected chi connectivity index (χ0v) is 35.6. The molecule has 0 aromatic carbocycles. The van der Waals surface area contributed by atoms with Gasteiger partial charge in [0.15, 0.2) is 0 Å². The Morgan fingerprint density at radius 2 is 0.944 bits per heavy atom. The molecule has 54 heavy (non-hydrogen) atoms. The van der Waals surface area contributed by atoms with E-state index >= 15 is 0 Å². The number of carbonyl (C=O) groups is 2. The fraction of sp³-hybridized carbons (Fsp3) is 0.792. The van der Waals surface area contributed by atoms with Crippen LogP contribution >= 0.6 is 0 Å². The molecule has 0 radical (unpaired) electrons. The fourth-order valence-corrected chi connectivity index (χ4v) is 6.73. The van der Waals surface area contributed by atoms with Gasteiger partial charge in [-0.1, -0.05) is 204 Å². The maximum Gasteiger partial charge on any atom is 0.306 e. The number of rotatable bonds is 40. The van der Waals surface area contributed by atoms with Crippen molar-refractivity contribution in [1.29, 1.82) is 0 Å². The van der Waals surface area contributed by atoms with E-state index in [1.165, 1.54) is 103 Å². The van der Waals surface area contributed by atoms with Gasteiger partial charge >= 0.3 is 5.97 Å². The van der Waals surface area contributed by atoms with Crippen molar-refractivity contribution in [1.82, 2.24) is 5.32 Å². The number of nitrogens with one attached hydrogen (secondary N) is 1. The summed E-state index contributed by atoms with van der Waals surface area (Å²) in [4.78, 5) is 25.9. The van der Waals surface area contributed by atoms with E-state index in [1.807, 2.05) is 6.08 Å². The van der Waals surface area contributed by atoms with Gasteiger partial charge in [0.05, 0.1) is 25.2 Å². The Balaban J connectivity index is 4.70. The summed E-state index contributed by atoms with van der Waals surface area (Å²) in [6, 6.07) is -0.710. The summed E-state index contributed by atoms with van der Waals surface area (Å²) in [5, 5.41) is 23.6. The number of unbranched alkanes of at least 4 members (excludes halogenated alkanes) is 23. The first-order valence-corrected chi connectivity index (χ1v) is 22.9. The van der Waals surface area contributed by atoms with Crippen molar-refractivity contribution in [2.45, 2.75) is 238 Å². The van der Waals surface area contributed by atoms with Gasteiger partial charge in [0, 0.05) is 6.42 Å². The molecule has 0 aliphatic heterocycles. The second kappa shape index (κ2) is 42.0. The van der Waals surface area contributed by atoms with Crippen molar-refractivity contribution in [3.05, 3.63) is 48.6 Å². The molecule has 0 aliphatic carbocycles. The lowest BCUT2D eigenvalue weighted by Gasteiger charge is -2.24. The minimum atomic E-state index is -0.795. The highest BCUT2D eigenvalue weighted by Crippen LogP contribution is 2.17. The summed E-state index contributed by atoms with van der Waals surface area (Å²) in [6.45, 7) is 6.39. The summed E-state index contributed by atoms with van der Waals surface area (Å²) in [5.41, 5.74) is 0. The average Bonchev–Trinajstić information content (AvgIpc) is 3.16. The minimum Gasteiger partial charge on any atom is -0.462 e. The maximum absolute atomic E-state index is 13.1. The zero-order valence-electron chi connectivity index (χ0n) is 35.6. The third kappa shape index (κ3) is 36.8. The average molecular weight is 758 g/mol. The van der Waals surface area contributed by atoms with E-state index in [2.05, 4.69) is 68.6 Å². The highest BCUT2D eigenvalue weighted by atomic mass is 16.5. The van der Waals surface area contributed by atoms with Crippen LogP contribution in [0.25, 0.3) is 0 Å². The molecule has 3 N–H and O–H groups in total. The first-order valence-electron chi connectivity index (χ1n) is 22.9. The molecule has 0 aliphatic rings. The Kier molecular flexibility index (Phi) is 40.3. The predicted octanol–water partition coefficient (Wildman–Crippen LogP) is 13.1. The number of ether oxygens (including phenoxy) is 1. The molecule has 0 saturated heterocycles. The van der Waals surface area contributed by atoms with E-state index in [-0.39, 0.29) is 24.9 Å². The summed E-state index contributed by atoms with van der Waals surface area (Å²) in [6.07, 6.45) is 48.8. The molecule has 1 amide bonds. The molecule has 6 nitrogen and oxygen atoms in total. The van der Waals surface area contributed by atoms with Crippen molar-refractivity contribution in [3.8, 4) is 0 Å². The summed E-state index contributed by atoms with van der Waals surface area (Å²) in [5.74, 6) is -0.514. The van der Waals surface area contributed by atoms with Gasteiger partial charge in [-0.2, -0.15) is 0 Å². The quantitative estimate of drug-likeness (QED) is 0.0329. The van der Waals surface area contributed by atoms with Crippen LogP contribution in [0.4, 0.5) is 0 Å². The summed E-state index contributed by atoms with van der Waals surface area (Å²) in [7, 11) is 0. The third-order valence-electron chi connectivity index (χ3n) is 10.3. The number of hydrogen-bond donors (Lipinski definition) is 3. The fourth-order valence-electron chi connectivity index (χ4n) is 6.73. The minimum absolute atomic E-state index is 0.0527. The van der Waals surface area contributed by atoms with Crippen LogP contribution in [0.3, 0.4) is 0 Å². The Morgan fingerprint density at radius 3 is 1.46 bits per heavy atom. The second-order valence-corrected chi connectivity index (χ2v) is 15.5. The van der Waals surface area contributed by atoms with Crippen LogP contribution in [0, 0.1) is 0 Å². The Bertz CT molecular complexity index is 941. The van der Waals surface area contributed by atoms with E-state index in [0.717, 1.165) is 70.6 Å². The highest BCUT2D eigenvalue weighted by Gasteiger charge is 2.24. The number of allylic oxidation sites excluding steroid dienone is 8. The van der Waals surface area contributed by atoms with E-state index in [9.17, 15) is 19.8 Å². The molecule has 0 aromatic heterocycles. The van der Waals surface area contributed by atoms with Crippen molar-refractivity contribution < 1.29 is 24.5 Å². The number of hydrogen-bond acceptors (Lipinski definition) is 5. The smallest absolute Gasteiger partial charge is 0.306 e. The number of aliphatic hydroxyl groups is 2. The molecular formula is C48H87NO5. The van der Waals surface area contributed by atoms with Crippen LogP contribution < -0.4 is 5.32 Å². The lowest BCUT2D eigenvalue weighted by atomic mass is 10.0. The van der Waals surface area contributed by atoms with Crippen LogP contribution in [-0.2, 0) is 14.3 Å². The normalized spacial score (nSPS) is 13.8. The molecule has 0 fully saturated rings. The maximum atomic E-state index is 13.1. The summed E-state index contributed by atoms with van der Waals surface area (Å²) >= 11 is 0. The lowest BCUT2D eigenvalue weighted by Crippen LogP contribution is -2.46. The Morgan fingerprint density at radius 1 is 0.537 bits per heavy atom. The Hall–Kier alpha value is -2.18. The molecule has 0 heterocycles. The van der Waals surface area contributed by atoms with Gasteiger partial charge in [-0.3, -0.25) is 9.59 Å². The van der Waals surface area contributed by atoms with Crippen LogP contribution in [0.5, 0.6) is 0 Å². The lowest BCUT2D eigenvalue weighted by molar-refractivity contribution is -0.151. The second-order valence-electron chi connectivity index (χ2n) is 15.5. The first-order chi connectivity index (χ1) is 26.5. The van der Waals surface area contributed by atoms with Crippen molar-refractivity contribution >= 4 is 11.9 Å². The largest absolute Gasteiger partial charge is 0.462 e. The van der Waals surface area contributed by atoms with Crippen LogP contribution in [0.2, 0.25) is 0 Å². The van der Waals surface area contributed by atoms with Crippen molar-refractivity contribution in [2.75, 3.05) is 6.61 Å². The van der Waals surface area contributed by atoms with E-state index in [0.29, 0.717) is 19.3 Å². The number of carbonyl (C=O) groups excluding carboxylic acids is 2. The Labute approximate surface area is 334 Å². The van der Waals surface area contributed by atoms with E-state index < -0.39 is 18.2 Å². The number of amides is 1. The molecule has 314 valence electrons. The monoisotopic (exact) mass is 758 g/mol. The van der Waals surface area contributed by atoms with Gasteiger partial charge in [0.2, 0.25) is 5.91 Å². The van der Waals surface area contributed by atoms with Crippen LogP contribution in [-0.4, -0.2) is 46.9 Å². The summed E-state index contributed by atoms with van der Waals surface area (Å²) < 4.78 is 5.88. The highest BCUT2D eigenvalue weighted by molar-refractivity contribution is 5.77. The van der Waals surface area contributed by atoms with E-state index in [1.54, 1.807) is 0 Å².